The molecule has 0 bridgehead atoms. The van der Waals surface area contributed by atoms with Gasteiger partial charge in [-0.2, -0.15) is 0 Å². The summed E-state index contributed by atoms with van der Waals surface area (Å²) in [5.41, 5.74) is 6.93. The minimum Gasteiger partial charge on any atom is -0.483 e. The van der Waals surface area contributed by atoms with E-state index in [-0.39, 0.29) is 18.8 Å². The van der Waals surface area contributed by atoms with E-state index in [1.54, 1.807) is 0 Å². The fourth-order valence-corrected chi connectivity index (χ4v) is 3.10. The predicted molar refractivity (Wildman–Crippen MR) is 83.3 cm³/mol. The monoisotopic (exact) mass is 311 g/mol. The second-order valence-corrected chi connectivity index (χ2v) is 6.26. The van der Waals surface area contributed by atoms with Gasteiger partial charge in [-0.15, -0.1) is 11.3 Å². The number of hydrogen-bond acceptors (Lipinski definition) is 4. The van der Waals surface area contributed by atoms with Crippen LogP contribution in [0.1, 0.15) is 29.9 Å². The van der Waals surface area contributed by atoms with Gasteiger partial charge in [0.1, 0.15) is 11.9 Å². The number of nitrogens with two attached hydrogens (primary N) is 1. The Morgan fingerprint density at radius 2 is 2.05 bits per heavy atom. The van der Waals surface area contributed by atoms with E-state index in [2.05, 4.69) is 0 Å². The lowest BCUT2D eigenvalue weighted by molar-refractivity contribution is 0.168. The quantitative estimate of drug-likeness (QED) is 0.854. The highest BCUT2D eigenvalue weighted by atomic mass is 35.5. The van der Waals surface area contributed by atoms with Crippen LogP contribution in [0.4, 0.5) is 0 Å². The second-order valence-electron chi connectivity index (χ2n) is 4.52. The van der Waals surface area contributed by atoms with E-state index in [0.29, 0.717) is 10.1 Å². The Hall–Kier alpha value is -1.07. The van der Waals surface area contributed by atoms with Crippen LogP contribution in [0.3, 0.4) is 0 Å². The van der Waals surface area contributed by atoms with Crippen molar-refractivity contribution in [3.63, 3.8) is 0 Å². The van der Waals surface area contributed by atoms with Crippen LogP contribution < -0.4 is 10.5 Å². The van der Waals surface area contributed by atoms with Crippen LogP contribution in [-0.4, -0.2) is 11.1 Å². The van der Waals surface area contributed by atoms with Gasteiger partial charge < -0.3 is 15.6 Å². The Balaban J connectivity index is 2.28. The van der Waals surface area contributed by atoms with Gasteiger partial charge in [0.15, 0.2) is 0 Å². The Morgan fingerprint density at radius 1 is 1.30 bits per heavy atom. The third kappa shape index (κ3) is 3.52. The van der Waals surface area contributed by atoms with Crippen molar-refractivity contribution in [1.29, 1.82) is 0 Å². The lowest BCUT2D eigenvalue weighted by atomic mass is 10.1. The molecular formula is C15H18ClNO2S. The Kier molecular flexibility index (Phi) is 5.43. The van der Waals surface area contributed by atoms with Gasteiger partial charge in [0.05, 0.1) is 10.9 Å². The highest BCUT2D eigenvalue weighted by molar-refractivity contribution is 7.16. The number of hydrogen-bond donors (Lipinski definition) is 2. The molecule has 0 aliphatic rings. The van der Waals surface area contributed by atoms with Crippen molar-refractivity contribution in [2.45, 2.75) is 32.1 Å². The van der Waals surface area contributed by atoms with Gasteiger partial charge in [-0.3, -0.25) is 0 Å². The predicted octanol–water partition coefficient (Wildman–Crippen LogP) is 3.75. The number of aliphatic hydroxyl groups excluding tert-OH is 1. The molecule has 0 fully saturated rings. The van der Waals surface area contributed by atoms with Crippen molar-refractivity contribution in [2.75, 3.05) is 0 Å². The van der Waals surface area contributed by atoms with Gasteiger partial charge in [-0.25, -0.2) is 0 Å². The molecule has 20 heavy (non-hydrogen) atoms. The third-order valence-corrected chi connectivity index (χ3v) is 4.42. The molecule has 0 saturated carbocycles. The molecule has 3 nitrogen and oxygen atoms in total. The average Bonchev–Trinajstić information content (AvgIpc) is 2.90. The normalized spacial score (nSPS) is 14.0. The van der Waals surface area contributed by atoms with Crippen molar-refractivity contribution in [3.05, 3.63) is 51.2 Å². The SMILES string of the molecule is CCC(N)C(Oc1ccccc1CO)c1ccc(Cl)s1. The zero-order valence-corrected chi connectivity index (χ0v) is 12.8. The van der Waals surface area contributed by atoms with Crippen molar-refractivity contribution in [3.8, 4) is 5.75 Å². The van der Waals surface area contributed by atoms with Crippen molar-refractivity contribution >= 4 is 22.9 Å². The van der Waals surface area contributed by atoms with Crippen molar-refractivity contribution in [1.82, 2.24) is 0 Å². The van der Waals surface area contributed by atoms with Crippen molar-refractivity contribution < 1.29 is 9.84 Å². The summed E-state index contributed by atoms with van der Waals surface area (Å²) in [7, 11) is 0. The van der Waals surface area contributed by atoms with Gasteiger partial charge in [-0.05, 0) is 24.6 Å². The number of aliphatic hydroxyl groups is 1. The Bertz CT molecular complexity index is 558. The first-order valence-corrected chi connectivity index (χ1v) is 7.71. The van der Waals surface area contributed by atoms with E-state index in [1.165, 1.54) is 11.3 Å². The smallest absolute Gasteiger partial charge is 0.148 e. The first-order valence-electron chi connectivity index (χ1n) is 6.52. The molecule has 5 heteroatoms. The molecule has 0 amide bonds. The number of halogens is 1. The highest BCUT2D eigenvalue weighted by Crippen LogP contribution is 2.33. The van der Waals surface area contributed by atoms with E-state index < -0.39 is 0 Å². The molecule has 2 rings (SSSR count). The maximum absolute atomic E-state index is 9.37. The minimum absolute atomic E-state index is 0.0601. The van der Waals surface area contributed by atoms with Gasteiger partial charge in [0.25, 0.3) is 0 Å². The molecule has 1 aromatic carbocycles. The van der Waals surface area contributed by atoms with E-state index in [4.69, 9.17) is 22.1 Å². The highest BCUT2D eigenvalue weighted by Gasteiger charge is 2.23. The molecule has 1 aromatic heterocycles. The van der Waals surface area contributed by atoms with Crippen LogP contribution in [0, 0.1) is 0 Å². The molecule has 0 spiro atoms. The molecular weight excluding hydrogens is 294 g/mol. The second kappa shape index (κ2) is 7.09. The first kappa shape index (κ1) is 15.3. The maximum Gasteiger partial charge on any atom is 0.148 e. The summed E-state index contributed by atoms with van der Waals surface area (Å²) in [6, 6.07) is 11.1. The summed E-state index contributed by atoms with van der Waals surface area (Å²) in [5.74, 6) is 0.661. The van der Waals surface area contributed by atoms with E-state index in [9.17, 15) is 5.11 Å². The summed E-state index contributed by atoms with van der Waals surface area (Å²) in [5, 5.41) is 9.37. The molecule has 1 heterocycles. The average molecular weight is 312 g/mol. The van der Waals surface area contributed by atoms with Crippen LogP contribution in [0.2, 0.25) is 4.34 Å². The van der Waals surface area contributed by atoms with E-state index >= 15 is 0 Å². The number of benzene rings is 1. The number of ether oxygens (including phenoxy) is 1. The summed E-state index contributed by atoms with van der Waals surface area (Å²) in [6.45, 7) is 1.96. The standard InChI is InChI=1S/C15H18ClNO2S/c1-2-11(17)15(13-7-8-14(16)20-13)19-12-6-4-3-5-10(12)9-18/h3-8,11,15,18H,2,9,17H2,1H3. The van der Waals surface area contributed by atoms with Crippen LogP contribution in [0.15, 0.2) is 36.4 Å². The fraction of sp³-hybridized carbons (Fsp3) is 0.333. The molecule has 2 aromatic rings. The maximum atomic E-state index is 9.37. The molecule has 108 valence electrons. The summed E-state index contributed by atoms with van der Waals surface area (Å²) >= 11 is 7.47. The van der Waals surface area contributed by atoms with Gasteiger partial charge in [0, 0.05) is 16.5 Å². The minimum atomic E-state index is -0.259. The third-order valence-electron chi connectivity index (χ3n) is 3.13. The largest absolute Gasteiger partial charge is 0.483 e. The molecule has 3 N–H and O–H groups in total. The Labute approximate surface area is 128 Å². The van der Waals surface area contributed by atoms with Crippen LogP contribution in [-0.2, 0) is 6.61 Å². The molecule has 2 unspecified atom stereocenters. The van der Waals surface area contributed by atoms with Crippen LogP contribution >= 0.6 is 22.9 Å². The van der Waals surface area contributed by atoms with Gasteiger partial charge >= 0.3 is 0 Å². The molecule has 0 aliphatic carbocycles. The fourth-order valence-electron chi connectivity index (χ4n) is 1.94. The van der Waals surface area contributed by atoms with Crippen molar-refractivity contribution in [2.24, 2.45) is 5.73 Å². The number of rotatable bonds is 6. The Morgan fingerprint density at radius 3 is 2.65 bits per heavy atom. The van der Waals surface area contributed by atoms with Gasteiger partial charge in [0.2, 0.25) is 0 Å². The molecule has 0 saturated heterocycles. The summed E-state index contributed by atoms with van der Waals surface area (Å²) in [4.78, 5) is 0.997. The summed E-state index contributed by atoms with van der Waals surface area (Å²) < 4.78 is 6.77. The zero-order chi connectivity index (χ0) is 14.5. The molecule has 0 aliphatic heterocycles. The first-order chi connectivity index (χ1) is 9.65. The lowest BCUT2D eigenvalue weighted by Gasteiger charge is -2.24. The van der Waals surface area contributed by atoms with Crippen LogP contribution in [0.25, 0.3) is 0 Å². The number of para-hydroxylation sites is 1. The van der Waals surface area contributed by atoms with Gasteiger partial charge in [-0.1, -0.05) is 36.7 Å². The van der Waals surface area contributed by atoms with E-state index in [0.717, 1.165) is 16.9 Å². The number of thiophene rings is 1. The molecule has 2 atom stereocenters. The molecule has 0 radical (unpaired) electrons. The van der Waals surface area contributed by atoms with E-state index in [1.807, 2.05) is 43.3 Å². The topological polar surface area (TPSA) is 55.5 Å². The van der Waals surface area contributed by atoms with Crippen LogP contribution in [0.5, 0.6) is 5.75 Å². The lowest BCUT2D eigenvalue weighted by Crippen LogP contribution is -2.31. The zero-order valence-electron chi connectivity index (χ0n) is 11.3. The summed E-state index contributed by atoms with van der Waals surface area (Å²) in [6.07, 6.45) is 0.534.